The monoisotopic (exact) mass is 289 g/mol. The molecule has 0 aliphatic carbocycles. The van der Waals surface area contributed by atoms with E-state index in [4.69, 9.17) is 5.84 Å². The molecular formula is C14H23N7. The van der Waals surface area contributed by atoms with Crippen molar-refractivity contribution in [3.8, 4) is 0 Å². The largest absolute Gasteiger partial charge is 0.337 e. The molecule has 4 N–H and O–H groups in total. The first-order valence-electron chi connectivity index (χ1n) is 6.85. The number of nitrogens with two attached hydrogens (primary N) is 1. The van der Waals surface area contributed by atoms with Crippen LogP contribution in [-0.4, -0.2) is 19.7 Å². The molecule has 2 aromatic rings. The van der Waals surface area contributed by atoms with Gasteiger partial charge in [0.05, 0.1) is 11.4 Å². The number of hydrogen-bond donors (Lipinski definition) is 3. The second kappa shape index (κ2) is 5.33. The number of hydrogen-bond acceptors (Lipinski definition) is 6. The van der Waals surface area contributed by atoms with Gasteiger partial charge < -0.3 is 10.7 Å². The molecule has 0 amide bonds. The van der Waals surface area contributed by atoms with E-state index in [2.05, 4.69) is 46.6 Å². The molecule has 0 bridgehead atoms. The van der Waals surface area contributed by atoms with Gasteiger partial charge in [-0.2, -0.15) is 5.10 Å². The maximum Gasteiger partial charge on any atom is 0.148 e. The van der Waals surface area contributed by atoms with Crippen LogP contribution in [0.2, 0.25) is 0 Å². The third kappa shape index (κ3) is 3.13. The predicted octanol–water partition coefficient (Wildman–Crippen LogP) is 2.15. The summed E-state index contributed by atoms with van der Waals surface area (Å²) in [4.78, 5) is 9.13. The Balaban J connectivity index is 2.49. The van der Waals surface area contributed by atoms with Gasteiger partial charge in [-0.1, -0.05) is 20.8 Å². The summed E-state index contributed by atoms with van der Waals surface area (Å²) in [7, 11) is 1.89. The summed E-state index contributed by atoms with van der Waals surface area (Å²) in [5.41, 5.74) is 5.17. The number of rotatable bonds is 3. The Labute approximate surface area is 124 Å². The van der Waals surface area contributed by atoms with Gasteiger partial charge in [0, 0.05) is 24.2 Å². The number of hydrazine groups is 1. The van der Waals surface area contributed by atoms with Crippen LogP contribution in [0, 0.1) is 13.8 Å². The SMILES string of the molecule is Cc1nn(C)cc1Nc1nc(C(C)(C)C)nc(NN)c1C. The molecule has 2 aromatic heterocycles. The van der Waals surface area contributed by atoms with Crippen LogP contribution in [0.5, 0.6) is 0 Å². The number of aryl methyl sites for hydroxylation is 2. The van der Waals surface area contributed by atoms with Gasteiger partial charge in [-0.05, 0) is 13.8 Å². The van der Waals surface area contributed by atoms with Crippen molar-refractivity contribution in [2.75, 3.05) is 10.7 Å². The zero-order valence-corrected chi connectivity index (χ0v) is 13.4. The summed E-state index contributed by atoms with van der Waals surface area (Å²) in [6, 6.07) is 0. The van der Waals surface area contributed by atoms with Gasteiger partial charge in [0.15, 0.2) is 0 Å². The first kappa shape index (κ1) is 15.2. The molecule has 0 saturated heterocycles. The summed E-state index contributed by atoms with van der Waals surface area (Å²) in [6.07, 6.45) is 1.92. The zero-order chi connectivity index (χ0) is 15.8. The van der Waals surface area contributed by atoms with Crippen molar-refractivity contribution >= 4 is 17.3 Å². The zero-order valence-electron chi connectivity index (χ0n) is 13.4. The lowest BCUT2D eigenvalue weighted by atomic mass is 9.95. The molecule has 0 radical (unpaired) electrons. The summed E-state index contributed by atoms with van der Waals surface area (Å²) < 4.78 is 1.76. The Hall–Kier alpha value is -2.15. The molecule has 0 atom stereocenters. The smallest absolute Gasteiger partial charge is 0.148 e. The molecule has 0 aliphatic rings. The number of anilines is 3. The molecule has 0 aliphatic heterocycles. The summed E-state index contributed by atoms with van der Waals surface area (Å²) in [6.45, 7) is 10.1. The Morgan fingerprint density at radius 3 is 2.24 bits per heavy atom. The molecule has 2 rings (SSSR count). The van der Waals surface area contributed by atoms with Crippen molar-refractivity contribution in [2.24, 2.45) is 12.9 Å². The van der Waals surface area contributed by atoms with Gasteiger partial charge in [-0.15, -0.1) is 0 Å². The number of nitrogens with one attached hydrogen (secondary N) is 2. The average molecular weight is 289 g/mol. The number of aromatic nitrogens is 4. The van der Waals surface area contributed by atoms with Crippen LogP contribution in [0.25, 0.3) is 0 Å². The maximum atomic E-state index is 5.57. The summed E-state index contributed by atoms with van der Waals surface area (Å²) in [5, 5.41) is 7.64. The highest BCUT2D eigenvalue weighted by molar-refractivity contribution is 5.65. The third-order valence-corrected chi connectivity index (χ3v) is 3.22. The first-order valence-corrected chi connectivity index (χ1v) is 6.85. The van der Waals surface area contributed by atoms with E-state index in [0.717, 1.165) is 28.6 Å². The summed E-state index contributed by atoms with van der Waals surface area (Å²) in [5.74, 6) is 7.66. The molecule has 0 aromatic carbocycles. The molecule has 7 heteroatoms. The number of nitrogens with zero attached hydrogens (tertiary/aromatic N) is 4. The van der Waals surface area contributed by atoms with Crippen LogP contribution >= 0.6 is 0 Å². The van der Waals surface area contributed by atoms with Crippen LogP contribution in [0.4, 0.5) is 17.3 Å². The topological polar surface area (TPSA) is 93.7 Å². The molecule has 0 unspecified atom stereocenters. The lowest BCUT2D eigenvalue weighted by Gasteiger charge is -2.20. The van der Waals surface area contributed by atoms with Gasteiger partial charge in [0.25, 0.3) is 0 Å². The summed E-state index contributed by atoms with van der Waals surface area (Å²) >= 11 is 0. The minimum atomic E-state index is -0.167. The van der Waals surface area contributed by atoms with Crippen molar-refractivity contribution in [3.05, 3.63) is 23.3 Å². The van der Waals surface area contributed by atoms with E-state index in [1.807, 2.05) is 27.1 Å². The molecule has 2 heterocycles. The fourth-order valence-corrected chi connectivity index (χ4v) is 1.96. The Morgan fingerprint density at radius 1 is 1.14 bits per heavy atom. The first-order chi connectivity index (χ1) is 9.72. The van der Waals surface area contributed by atoms with E-state index in [0.29, 0.717) is 5.82 Å². The maximum absolute atomic E-state index is 5.57. The van der Waals surface area contributed by atoms with Crippen molar-refractivity contribution in [1.29, 1.82) is 0 Å². The van der Waals surface area contributed by atoms with Gasteiger partial charge >= 0.3 is 0 Å². The van der Waals surface area contributed by atoms with E-state index < -0.39 is 0 Å². The van der Waals surface area contributed by atoms with Gasteiger partial charge in [0.1, 0.15) is 17.5 Å². The van der Waals surface area contributed by atoms with Crippen molar-refractivity contribution < 1.29 is 0 Å². The second-order valence-corrected chi connectivity index (χ2v) is 6.19. The van der Waals surface area contributed by atoms with Crippen LogP contribution in [-0.2, 0) is 12.5 Å². The van der Waals surface area contributed by atoms with E-state index >= 15 is 0 Å². The van der Waals surface area contributed by atoms with Crippen LogP contribution in [0.3, 0.4) is 0 Å². The van der Waals surface area contributed by atoms with Gasteiger partial charge in [-0.3, -0.25) is 4.68 Å². The minimum Gasteiger partial charge on any atom is -0.337 e. The standard InChI is InChI=1S/C14H23N7/c1-8-11(16-10-7-21(6)20-9(10)2)17-13(14(3,4)5)18-12(8)19-15/h7H,15H2,1-6H3,(H2,16,17,18,19). The molecule has 7 nitrogen and oxygen atoms in total. The quantitative estimate of drug-likeness (QED) is 0.592. The van der Waals surface area contributed by atoms with E-state index in [-0.39, 0.29) is 5.41 Å². The van der Waals surface area contributed by atoms with E-state index in [9.17, 15) is 0 Å². The van der Waals surface area contributed by atoms with Gasteiger partial charge in [0.2, 0.25) is 0 Å². The molecular weight excluding hydrogens is 266 g/mol. The molecule has 0 spiro atoms. The Kier molecular flexibility index (Phi) is 3.87. The van der Waals surface area contributed by atoms with Crippen molar-refractivity contribution in [2.45, 2.75) is 40.0 Å². The lowest BCUT2D eigenvalue weighted by molar-refractivity contribution is 0.546. The molecule has 0 saturated carbocycles. The number of nitrogen functional groups attached to an aromatic ring is 1. The highest BCUT2D eigenvalue weighted by Crippen LogP contribution is 2.28. The van der Waals surface area contributed by atoms with Crippen LogP contribution in [0.15, 0.2) is 6.20 Å². The van der Waals surface area contributed by atoms with Crippen molar-refractivity contribution in [3.63, 3.8) is 0 Å². The average Bonchev–Trinajstić information content (AvgIpc) is 2.69. The third-order valence-electron chi connectivity index (χ3n) is 3.22. The van der Waals surface area contributed by atoms with E-state index in [1.165, 1.54) is 0 Å². The molecule has 21 heavy (non-hydrogen) atoms. The Morgan fingerprint density at radius 2 is 1.76 bits per heavy atom. The van der Waals surface area contributed by atoms with E-state index in [1.54, 1.807) is 4.68 Å². The van der Waals surface area contributed by atoms with Gasteiger partial charge in [-0.25, -0.2) is 15.8 Å². The molecule has 0 fully saturated rings. The van der Waals surface area contributed by atoms with Crippen molar-refractivity contribution in [1.82, 2.24) is 19.7 Å². The fraction of sp³-hybridized carbons (Fsp3) is 0.500. The Bertz CT molecular complexity index is 652. The van der Waals surface area contributed by atoms with Crippen LogP contribution < -0.4 is 16.6 Å². The van der Waals surface area contributed by atoms with Crippen LogP contribution in [0.1, 0.15) is 37.9 Å². The lowest BCUT2D eigenvalue weighted by Crippen LogP contribution is -2.21. The minimum absolute atomic E-state index is 0.167. The predicted molar refractivity (Wildman–Crippen MR) is 84.5 cm³/mol. The second-order valence-electron chi connectivity index (χ2n) is 6.19. The highest BCUT2D eigenvalue weighted by atomic mass is 15.3. The normalized spacial score (nSPS) is 11.6. The highest BCUT2D eigenvalue weighted by Gasteiger charge is 2.21. The fourth-order valence-electron chi connectivity index (χ4n) is 1.96. The molecule has 114 valence electrons.